The molecule has 0 aromatic carbocycles. The van der Waals surface area contributed by atoms with Crippen LogP contribution in [0.4, 0.5) is 4.79 Å². The summed E-state index contributed by atoms with van der Waals surface area (Å²) in [4.78, 5) is 26.6. The van der Waals surface area contributed by atoms with Gasteiger partial charge in [-0.1, -0.05) is 0 Å². The highest BCUT2D eigenvalue weighted by atomic mass is 16.5. The first kappa shape index (κ1) is 15.8. The summed E-state index contributed by atoms with van der Waals surface area (Å²) in [6.07, 6.45) is -0.00768. The number of carboxylic acid groups (broad SMARTS) is 1. The quantitative estimate of drug-likeness (QED) is 0.840. The van der Waals surface area contributed by atoms with Gasteiger partial charge in [0.1, 0.15) is 0 Å². The van der Waals surface area contributed by atoms with Crippen molar-refractivity contribution >= 4 is 12.0 Å². The number of morpholine rings is 1. The maximum atomic E-state index is 12.5. The fourth-order valence-electron chi connectivity index (χ4n) is 2.13. The summed E-state index contributed by atoms with van der Waals surface area (Å²) in [6, 6.07) is -0.0918. The van der Waals surface area contributed by atoms with Crippen LogP contribution in [0.2, 0.25) is 0 Å². The Morgan fingerprint density at radius 3 is 2.58 bits per heavy atom. The molecule has 1 saturated heterocycles. The third kappa shape index (κ3) is 4.38. The average molecular weight is 272 g/mol. The zero-order valence-corrected chi connectivity index (χ0v) is 12.1. The lowest BCUT2D eigenvalue weighted by Gasteiger charge is -2.40. The molecule has 6 heteroatoms. The molecular weight excluding hydrogens is 248 g/mol. The third-order valence-corrected chi connectivity index (χ3v) is 3.29. The predicted molar refractivity (Wildman–Crippen MR) is 71.1 cm³/mol. The molecule has 2 atom stereocenters. The molecule has 0 saturated carbocycles. The van der Waals surface area contributed by atoms with Crippen LogP contribution in [0.5, 0.6) is 0 Å². The summed E-state index contributed by atoms with van der Waals surface area (Å²) in [5, 5.41) is 8.76. The smallest absolute Gasteiger partial charge is 0.320 e. The number of carbonyl (C=O) groups excluding carboxylic acids is 1. The minimum absolute atomic E-state index is 0.0165. The Kier molecular flexibility index (Phi) is 5.60. The molecular formula is C13H24N2O4. The zero-order valence-electron chi connectivity index (χ0n) is 12.1. The minimum atomic E-state index is -0.887. The van der Waals surface area contributed by atoms with Crippen LogP contribution in [0.3, 0.4) is 0 Å². The standard InChI is InChI=1S/C13H24N2O4/c1-9(2)14(6-5-12(16)17)13(18)15-7-11(4)19-8-10(15)3/h9-11H,5-8H2,1-4H3,(H,16,17). The van der Waals surface area contributed by atoms with E-state index in [-0.39, 0.29) is 37.2 Å². The molecule has 0 aliphatic carbocycles. The molecule has 0 spiro atoms. The van der Waals surface area contributed by atoms with Crippen molar-refractivity contribution in [3.8, 4) is 0 Å². The van der Waals surface area contributed by atoms with Gasteiger partial charge < -0.3 is 19.6 Å². The SMILES string of the molecule is CC1CN(C(=O)N(CCC(=O)O)C(C)C)C(C)CO1. The number of hydrogen-bond acceptors (Lipinski definition) is 3. The number of nitrogens with zero attached hydrogens (tertiary/aromatic N) is 2. The number of amides is 2. The number of carboxylic acids is 1. The van der Waals surface area contributed by atoms with Crippen molar-refractivity contribution in [1.82, 2.24) is 9.80 Å². The van der Waals surface area contributed by atoms with Crippen molar-refractivity contribution in [1.29, 1.82) is 0 Å². The zero-order chi connectivity index (χ0) is 14.6. The van der Waals surface area contributed by atoms with Gasteiger partial charge in [0, 0.05) is 19.1 Å². The van der Waals surface area contributed by atoms with E-state index in [1.54, 1.807) is 9.80 Å². The van der Waals surface area contributed by atoms with E-state index in [0.29, 0.717) is 13.2 Å². The van der Waals surface area contributed by atoms with Crippen LogP contribution in [0.15, 0.2) is 0 Å². The first-order chi connectivity index (χ1) is 8.82. The van der Waals surface area contributed by atoms with Gasteiger partial charge in [0.15, 0.2) is 0 Å². The topological polar surface area (TPSA) is 70.1 Å². The van der Waals surface area contributed by atoms with Gasteiger partial charge in [0.25, 0.3) is 0 Å². The summed E-state index contributed by atoms with van der Waals surface area (Å²) in [7, 11) is 0. The second kappa shape index (κ2) is 6.75. The fourth-order valence-corrected chi connectivity index (χ4v) is 2.13. The lowest BCUT2D eigenvalue weighted by Crippen LogP contribution is -2.56. The predicted octanol–water partition coefficient (Wildman–Crippen LogP) is 1.40. The highest BCUT2D eigenvalue weighted by Crippen LogP contribution is 2.15. The van der Waals surface area contributed by atoms with Crippen LogP contribution in [0.25, 0.3) is 0 Å². The normalized spacial score (nSPS) is 23.5. The molecule has 1 aliphatic heterocycles. The van der Waals surface area contributed by atoms with Crippen molar-refractivity contribution in [3.63, 3.8) is 0 Å². The molecule has 19 heavy (non-hydrogen) atoms. The maximum Gasteiger partial charge on any atom is 0.320 e. The molecule has 110 valence electrons. The summed E-state index contributed by atoms with van der Waals surface area (Å²) >= 11 is 0. The van der Waals surface area contributed by atoms with Gasteiger partial charge >= 0.3 is 12.0 Å². The van der Waals surface area contributed by atoms with Crippen molar-refractivity contribution in [2.24, 2.45) is 0 Å². The van der Waals surface area contributed by atoms with Crippen molar-refractivity contribution < 1.29 is 19.4 Å². The number of aliphatic carboxylic acids is 1. The Bertz CT molecular complexity index is 333. The van der Waals surface area contributed by atoms with Crippen LogP contribution < -0.4 is 0 Å². The molecule has 1 heterocycles. The van der Waals surface area contributed by atoms with E-state index in [0.717, 1.165) is 0 Å². The molecule has 0 aromatic rings. The minimum Gasteiger partial charge on any atom is -0.481 e. The largest absolute Gasteiger partial charge is 0.481 e. The molecule has 0 aromatic heterocycles. The average Bonchev–Trinajstić information content (AvgIpc) is 2.31. The Balaban J connectivity index is 2.71. The van der Waals surface area contributed by atoms with E-state index >= 15 is 0 Å². The summed E-state index contributed by atoms with van der Waals surface area (Å²) in [5.74, 6) is -0.887. The monoisotopic (exact) mass is 272 g/mol. The molecule has 2 unspecified atom stereocenters. The number of carbonyl (C=O) groups is 2. The van der Waals surface area contributed by atoms with Crippen LogP contribution in [0, 0.1) is 0 Å². The Morgan fingerprint density at radius 2 is 2.05 bits per heavy atom. The summed E-state index contributed by atoms with van der Waals surface area (Å²) in [5.41, 5.74) is 0. The van der Waals surface area contributed by atoms with Gasteiger partial charge in [-0.15, -0.1) is 0 Å². The number of ether oxygens (including phenoxy) is 1. The van der Waals surface area contributed by atoms with Crippen molar-refractivity contribution in [2.45, 2.75) is 52.3 Å². The van der Waals surface area contributed by atoms with Gasteiger partial charge in [-0.3, -0.25) is 4.79 Å². The van der Waals surface area contributed by atoms with Crippen LogP contribution in [-0.4, -0.2) is 64.8 Å². The Morgan fingerprint density at radius 1 is 1.42 bits per heavy atom. The second-order valence-corrected chi connectivity index (χ2v) is 5.36. The molecule has 1 fully saturated rings. The van der Waals surface area contributed by atoms with Gasteiger partial charge in [-0.2, -0.15) is 0 Å². The molecule has 1 aliphatic rings. The number of rotatable bonds is 4. The first-order valence-electron chi connectivity index (χ1n) is 6.73. The summed E-state index contributed by atoms with van der Waals surface area (Å²) < 4.78 is 5.50. The Hall–Kier alpha value is -1.30. The van der Waals surface area contributed by atoms with Crippen molar-refractivity contribution in [2.75, 3.05) is 19.7 Å². The molecule has 0 bridgehead atoms. The highest BCUT2D eigenvalue weighted by molar-refractivity contribution is 5.76. The van der Waals surface area contributed by atoms with Gasteiger partial charge in [-0.25, -0.2) is 4.79 Å². The number of hydrogen-bond donors (Lipinski definition) is 1. The molecule has 6 nitrogen and oxygen atoms in total. The van der Waals surface area contributed by atoms with E-state index in [1.807, 2.05) is 27.7 Å². The lowest BCUT2D eigenvalue weighted by molar-refractivity contribution is -0.137. The van der Waals surface area contributed by atoms with Crippen LogP contribution in [-0.2, 0) is 9.53 Å². The van der Waals surface area contributed by atoms with Crippen LogP contribution >= 0.6 is 0 Å². The van der Waals surface area contributed by atoms with E-state index in [2.05, 4.69) is 0 Å². The van der Waals surface area contributed by atoms with Gasteiger partial charge in [0.2, 0.25) is 0 Å². The second-order valence-electron chi connectivity index (χ2n) is 5.36. The molecule has 1 N–H and O–H groups in total. The molecule has 1 rings (SSSR count). The highest BCUT2D eigenvalue weighted by Gasteiger charge is 2.31. The van der Waals surface area contributed by atoms with E-state index in [9.17, 15) is 9.59 Å². The Labute approximate surface area is 114 Å². The van der Waals surface area contributed by atoms with Gasteiger partial charge in [0.05, 0.1) is 25.2 Å². The third-order valence-electron chi connectivity index (χ3n) is 3.29. The van der Waals surface area contributed by atoms with Crippen LogP contribution in [0.1, 0.15) is 34.1 Å². The number of urea groups is 1. The first-order valence-corrected chi connectivity index (χ1v) is 6.73. The fraction of sp³-hybridized carbons (Fsp3) is 0.846. The van der Waals surface area contributed by atoms with Crippen molar-refractivity contribution in [3.05, 3.63) is 0 Å². The van der Waals surface area contributed by atoms with Gasteiger partial charge in [-0.05, 0) is 27.7 Å². The maximum absolute atomic E-state index is 12.5. The lowest BCUT2D eigenvalue weighted by atomic mass is 10.2. The molecule has 0 radical (unpaired) electrons. The van der Waals surface area contributed by atoms with E-state index in [4.69, 9.17) is 9.84 Å². The molecule has 2 amide bonds. The summed E-state index contributed by atoms with van der Waals surface area (Å²) in [6.45, 7) is 8.99. The van der Waals surface area contributed by atoms with E-state index in [1.165, 1.54) is 0 Å². The van der Waals surface area contributed by atoms with E-state index < -0.39 is 5.97 Å².